The summed E-state index contributed by atoms with van der Waals surface area (Å²) in [5, 5.41) is 15.4. The van der Waals surface area contributed by atoms with Gasteiger partial charge in [-0.3, -0.25) is 9.59 Å². The number of thioether (sulfide) groups is 1. The van der Waals surface area contributed by atoms with Crippen LogP contribution in [0.25, 0.3) is 0 Å². The average Bonchev–Trinajstić information content (AvgIpc) is 3.12. The molecule has 11 heteroatoms. The monoisotopic (exact) mass is 569 g/mol. The van der Waals surface area contributed by atoms with Crippen molar-refractivity contribution in [2.45, 2.75) is 32.0 Å². The van der Waals surface area contributed by atoms with Crippen LogP contribution in [0.5, 0.6) is 0 Å². The predicted molar refractivity (Wildman–Crippen MR) is 136 cm³/mol. The fourth-order valence-electron chi connectivity index (χ4n) is 3.00. The molecule has 0 saturated heterocycles. The number of amides is 2. The largest absolute Gasteiger partial charge is 0.342 e. The first kappa shape index (κ1) is 25.6. The summed E-state index contributed by atoms with van der Waals surface area (Å²) >= 11 is 16.7. The molecule has 1 aromatic heterocycles. The van der Waals surface area contributed by atoms with Gasteiger partial charge < -0.3 is 15.2 Å². The van der Waals surface area contributed by atoms with E-state index in [9.17, 15) is 9.59 Å². The number of hydrogen-bond donors (Lipinski definition) is 2. The predicted octanol–water partition coefficient (Wildman–Crippen LogP) is 5.72. The van der Waals surface area contributed by atoms with Gasteiger partial charge in [0.2, 0.25) is 5.91 Å². The molecule has 0 saturated carbocycles. The van der Waals surface area contributed by atoms with Crippen LogP contribution in [0.2, 0.25) is 10.0 Å². The molecule has 1 atom stereocenters. The molecule has 2 aromatic carbocycles. The number of nitrogens with one attached hydrogen (secondary N) is 2. The van der Waals surface area contributed by atoms with Crippen LogP contribution in [0.1, 0.15) is 40.3 Å². The van der Waals surface area contributed by atoms with E-state index in [1.165, 1.54) is 17.8 Å². The summed E-state index contributed by atoms with van der Waals surface area (Å²) in [4.78, 5) is 25.0. The van der Waals surface area contributed by atoms with Crippen LogP contribution in [0, 0.1) is 13.8 Å². The van der Waals surface area contributed by atoms with E-state index in [1.807, 2.05) is 26.0 Å². The summed E-state index contributed by atoms with van der Waals surface area (Å²) in [5.41, 5.74) is 3.35. The van der Waals surface area contributed by atoms with Crippen LogP contribution in [-0.2, 0) is 11.8 Å². The minimum Gasteiger partial charge on any atom is -0.342 e. The van der Waals surface area contributed by atoms with Gasteiger partial charge in [-0.2, -0.15) is 0 Å². The molecule has 174 valence electrons. The lowest BCUT2D eigenvalue weighted by Gasteiger charge is -2.14. The highest BCUT2D eigenvalue weighted by Gasteiger charge is 2.19. The molecule has 0 radical (unpaired) electrons. The first-order valence-electron chi connectivity index (χ1n) is 9.91. The van der Waals surface area contributed by atoms with E-state index >= 15 is 0 Å². The Morgan fingerprint density at radius 3 is 2.52 bits per heavy atom. The van der Waals surface area contributed by atoms with Crippen molar-refractivity contribution in [3.05, 3.63) is 67.4 Å². The lowest BCUT2D eigenvalue weighted by atomic mass is 10.1. The normalized spacial score (nSPS) is 11.8. The van der Waals surface area contributed by atoms with Gasteiger partial charge in [-0.15, -0.1) is 10.2 Å². The van der Waals surface area contributed by atoms with Gasteiger partial charge in [-0.1, -0.05) is 35.0 Å². The van der Waals surface area contributed by atoms with Gasteiger partial charge in [0.25, 0.3) is 5.91 Å². The number of rotatable bonds is 7. The zero-order valence-corrected chi connectivity index (χ0v) is 22.3. The maximum absolute atomic E-state index is 12.5. The van der Waals surface area contributed by atoms with Crippen molar-refractivity contribution in [1.82, 2.24) is 20.1 Å². The third-order valence-electron chi connectivity index (χ3n) is 4.98. The van der Waals surface area contributed by atoms with Crippen molar-refractivity contribution < 1.29 is 9.59 Å². The average molecular weight is 571 g/mol. The van der Waals surface area contributed by atoms with Gasteiger partial charge in [0.05, 0.1) is 27.5 Å². The molecule has 0 aliphatic carbocycles. The summed E-state index contributed by atoms with van der Waals surface area (Å²) in [5.74, 6) is 0.254. The molecule has 0 aliphatic heterocycles. The zero-order chi connectivity index (χ0) is 24.3. The number of aryl methyl sites for hydroxylation is 2. The highest BCUT2D eigenvalue weighted by molar-refractivity contribution is 9.10. The van der Waals surface area contributed by atoms with Crippen LogP contribution in [-0.4, -0.2) is 32.3 Å². The number of anilines is 1. The molecule has 0 aliphatic rings. The molecule has 33 heavy (non-hydrogen) atoms. The highest BCUT2D eigenvalue weighted by Crippen LogP contribution is 2.27. The second kappa shape index (κ2) is 10.9. The van der Waals surface area contributed by atoms with Crippen molar-refractivity contribution in [2.75, 3.05) is 11.1 Å². The van der Waals surface area contributed by atoms with Gasteiger partial charge in [-0.05, 0) is 78.2 Å². The number of halogens is 3. The molecule has 0 unspecified atom stereocenters. The van der Waals surface area contributed by atoms with Gasteiger partial charge in [0.15, 0.2) is 11.0 Å². The smallest absolute Gasteiger partial charge is 0.251 e. The van der Waals surface area contributed by atoms with E-state index in [1.54, 1.807) is 30.7 Å². The maximum atomic E-state index is 12.5. The quantitative estimate of drug-likeness (QED) is 0.354. The van der Waals surface area contributed by atoms with E-state index in [4.69, 9.17) is 23.2 Å². The van der Waals surface area contributed by atoms with Gasteiger partial charge in [-0.25, -0.2) is 0 Å². The third-order valence-corrected chi connectivity index (χ3v) is 7.39. The van der Waals surface area contributed by atoms with Crippen LogP contribution in [0.4, 0.5) is 5.69 Å². The number of aromatic nitrogens is 3. The summed E-state index contributed by atoms with van der Waals surface area (Å²) < 4.78 is 2.58. The molecule has 1 heterocycles. The van der Waals surface area contributed by atoms with Crippen molar-refractivity contribution >= 4 is 68.4 Å². The molecule has 0 fully saturated rings. The molecule has 2 amide bonds. The fraction of sp³-hybridized carbons (Fsp3) is 0.273. The highest BCUT2D eigenvalue weighted by atomic mass is 79.9. The Kier molecular flexibility index (Phi) is 8.44. The van der Waals surface area contributed by atoms with Gasteiger partial charge in [0.1, 0.15) is 0 Å². The molecule has 0 bridgehead atoms. The van der Waals surface area contributed by atoms with E-state index in [-0.39, 0.29) is 17.6 Å². The lowest BCUT2D eigenvalue weighted by Crippen LogP contribution is -2.28. The van der Waals surface area contributed by atoms with E-state index in [2.05, 4.69) is 36.8 Å². The molecular weight excluding hydrogens is 549 g/mol. The summed E-state index contributed by atoms with van der Waals surface area (Å²) in [7, 11) is 1.79. The molecule has 3 rings (SSSR count). The number of carbonyl (C=O) groups is 2. The van der Waals surface area contributed by atoms with E-state index < -0.39 is 6.04 Å². The van der Waals surface area contributed by atoms with Crippen molar-refractivity contribution in [3.63, 3.8) is 0 Å². The number of benzene rings is 2. The molecular formula is C22H22BrCl2N5O2S. The van der Waals surface area contributed by atoms with Crippen molar-refractivity contribution in [3.8, 4) is 0 Å². The van der Waals surface area contributed by atoms with Crippen molar-refractivity contribution in [1.29, 1.82) is 0 Å². The minimum absolute atomic E-state index is 0.158. The Labute approximate surface area is 214 Å². The number of nitrogens with zero attached hydrogens (tertiary/aromatic N) is 3. The summed E-state index contributed by atoms with van der Waals surface area (Å²) in [6.07, 6.45) is 0. The Balaban J connectivity index is 1.60. The van der Waals surface area contributed by atoms with Crippen LogP contribution in [0.3, 0.4) is 0 Å². The van der Waals surface area contributed by atoms with E-state index in [0.717, 1.165) is 21.3 Å². The lowest BCUT2D eigenvalue weighted by molar-refractivity contribution is -0.113. The number of carbonyl (C=O) groups excluding carboxylic acids is 2. The molecule has 0 spiro atoms. The SMILES string of the molecule is Cc1cc(Br)c(NC(=O)CSc2nnc([C@H](C)NC(=O)c3ccc(Cl)c(Cl)c3)n2C)cc1C. The van der Waals surface area contributed by atoms with Crippen LogP contribution in [0.15, 0.2) is 40.0 Å². The second-order valence-corrected chi connectivity index (χ2v) is 10.1. The first-order valence-corrected chi connectivity index (χ1v) is 12.4. The number of hydrogen-bond acceptors (Lipinski definition) is 5. The summed E-state index contributed by atoms with van der Waals surface area (Å²) in [6.45, 7) is 5.81. The maximum Gasteiger partial charge on any atom is 0.251 e. The Morgan fingerprint density at radius 2 is 1.82 bits per heavy atom. The second-order valence-electron chi connectivity index (χ2n) is 7.48. The fourth-order valence-corrected chi connectivity index (χ4v) is 4.58. The zero-order valence-electron chi connectivity index (χ0n) is 18.4. The third kappa shape index (κ3) is 6.29. The molecule has 2 N–H and O–H groups in total. The standard InChI is InChI=1S/C22H22BrCl2N5O2S/c1-11-7-15(23)18(8-12(11)2)27-19(31)10-33-22-29-28-20(30(22)4)13(3)26-21(32)14-5-6-16(24)17(25)9-14/h5-9,13H,10H2,1-4H3,(H,26,32)(H,27,31)/t13-/m0/s1. The minimum atomic E-state index is -0.417. The first-order chi connectivity index (χ1) is 15.6. The Morgan fingerprint density at radius 1 is 1.12 bits per heavy atom. The topological polar surface area (TPSA) is 88.9 Å². The van der Waals surface area contributed by atoms with Gasteiger partial charge >= 0.3 is 0 Å². The molecule has 7 nitrogen and oxygen atoms in total. The summed E-state index contributed by atoms with van der Waals surface area (Å²) in [6, 6.07) is 8.17. The Hall–Kier alpha value is -2.07. The van der Waals surface area contributed by atoms with Gasteiger partial charge in [0, 0.05) is 17.1 Å². The van der Waals surface area contributed by atoms with E-state index in [0.29, 0.717) is 26.6 Å². The Bertz CT molecular complexity index is 1220. The van der Waals surface area contributed by atoms with Crippen molar-refractivity contribution in [2.24, 2.45) is 7.05 Å². The van der Waals surface area contributed by atoms with Crippen LogP contribution < -0.4 is 10.6 Å². The molecule has 3 aromatic rings. The van der Waals surface area contributed by atoms with Crippen LogP contribution >= 0.6 is 50.9 Å².